The highest BCUT2D eigenvalue weighted by Crippen LogP contribution is 2.33. The van der Waals surface area contributed by atoms with Crippen LogP contribution in [0.1, 0.15) is 84.1 Å². The third kappa shape index (κ3) is 11.6. The molecular formula is C34H43N4O11P. The van der Waals surface area contributed by atoms with Crippen molar-refractivity contribution in [2.45, 2.75) is 58.9 Å². The molecule has 0 bridgehead atoms. The highest BCUT2D eigenvalue weighted by molar-refractivity contribution is 7.51. The van der Waals surface area contributed by atoms with Crippen LogP contribution in [0.4, 0.5) is 0 Å². The van der Waals surface area contributed by atoms with Crippen molar-refractivity contribution < 1.29 is 52.3 Å². The van der Waals surface area contributed by atoms with Gasteiger partial charge in [-0.05, 0) is 56.2 Å². The first kappa shape index (κ1) is 39.5. The summed E-state index contributed by atoms with van der Waals surface area (Å²) in [5, 5.41) is 8.31. The summed E-state index contributed by atoms with van der Waals surface area (Å²) in [4.78, 5) is 87.1. The monoisotopic (exact) mass is 714 g/mol. The maximum atomic E-state index is 13.4. The summed E-state index contributed by atoms with van der Waals surface area (Å²) in [5.74, 6) is -2.95. The molecule has 270 valence electrons. The number of unbranched alkanes of at least 4 members (excludes halogenated alkanes) is 2. The van der Waals surface area contributed by atoms with Gasteiger partial charge in [0.1, 0.15) is 17.8 Å². The van der Waals surface area contributed by atoms with Crippen LogP contribution in [0.3, 0.4) is 0 Å². The number of carbonyl (C=O) groups is 5. The number of ether oxygens (including phenoxy) is 1. The minimum absolute atomic E-state index is 0.0493. The fraction of sp³-hybridized carbons (Fsp3) is 0.382. The van der Waals surface area contributed by atoms with Crippen molar-refractivity contribution in [2.24, 2.45) is 5.92 Å². The molecule has 3 rings (SSSR count). The molecule has 0 radical (unpaired) electrons. The second-order valence-electron chi connectivity index (χ2n) is 11.1. The normalized spacial score (nSPS) is 12.3. The maximum Gasteiger partial charge on any atom is 0.363 e. The third-order valence-corrected chi connectivity index (χ3v) is 8.13. The Bertz CT molecular complexity index is 1660. The molecule has 0 saturated carbocycles. The van der Waals surface area contributed by atoms with E-state index in [-0.39, 0.29) is 41.7 Å². The minimum atomic E-state index is -4.47. The Labute approximate surface area is 289 Å². The average molecular weight is 715 g/mol. The Morgan fingerprint density at radius 2 is 1.68 bits per heavy atom. The van der Waals surface area contributed by atoms with Crippen LogP contribution >= 0.6 is 7.60 Å². The van der Waals surface area contributed by atoms with E-state index in [2.05, 4.69) is 16.0 Å². The van der Waals surface area contributed by atoms with Gasteiger partial charge in [-0.25, -0.2) is 4.79 Å². The molecule has 5 N–H and O–H groups in total. The van der Waals surface area contributed by atoms with Gasteiger partial charge in [-0.2, -0.15) is 5.06 Å². The standard InChI is InChI=1S/C34H43N4O11P/c1-4-7-9-14-25(27(5-2)38(22-39)49-34(43)23-12-10-8-11-13-23)31(40)35-20-36-33(42)29-18-17-28(48-29)24-15-16-26(30(19-24)47-6-3)32(41)37-21-50(44,45)46/h8,10-13,15-19,22,25,27H,4-7,9,14,20-21H2,1-3H3,(H,35,40)(H,36,42)(H,37,41)(H2,44,45,46)/t25-,27-/m1/s1. The van der Waals surface area contributed by atoms with Crippen LogP contribution in [0, 0.1) is 5.92 Å². The lowest BCUT2D eigenvalue weighted by atomic mass is 9.90. The van der Waals surface area contributed by atoms with Gasteiger partial charge in [0.15, 0.2) is 5.76 Å². The van der Waals surface area contributed by atoms with E-state index in [0.717, 1.165) is 17.9 Å². The molecule has 0 saturated heterocycles. The topological polar surface area (TPSA) is 214 Å². The van der Waals surface area contributed by atoms with Gasteiger partial charge in [0.05, 0.1) is 36.4 Å². The molecular weight excluding hydrogens is 671 g/mol. The maximum absolute atomic E-state index is 13.4. The molecule has 0 fully saturated rings. The van der Waals surface area contributed by atoms with Crippen molar-refractivity contribution in [3.8, 4) is 17.1 Å². The smallest absolute Gasteiger partial charge is 0.363 e. The predicted molar refractivity (Wildman–Crippen MR) is 182 cm³/mol. The Morgan fingerprint density at radius 1 is 0.940 bits per heavy atom. The number of amides is 4. The molecule has 16 heteroatoms. The van der Waals surface area contributed by atoms with Crippen LogP contribution in [0.25, 0.3) is 11.3 Å². The second kappa shape index (κ2) is 19.3. The molecule has 15 nitrogen and oxygen atoms in total. The Kier molecular flexibility index (Phi) is 15.2. The second-order valence-corrected chi connectivity index (χ2v) is 12.8. The lowest BCUT2D eigenvalue weighted by Gasteiger charge is -2.31. The summed E-state index contributed by atoms with van der Waals surface area (Å²) >= 11 is 0. The highest BCUT2D eigenvalue weighted by atomic mass is 31.2. The zero-order chi connectivity index (χ0) is 36.7. The fourth-order valence-corrected chi connectivity index (χ4v) is 5.45. The fourth-order valence-electron chi connectivity index (χ4n) is 5.10. The molecule has 0 spiro atoms. The quantitative estimate of drug-likeness (QED) is 0.0367. The van der Waals surface area contributed by atoms with Crippen molar-refractivity contribution >= 4 is 37.7 Å². The molecule has 0 aliphatic carbocycles. The number of carbonyl (C=O) groups excluding carboxylic acids is 5. The molecule has 0 aliphatic heterocycles. The summed E-state index contributed by atoms with van der Waals surface area (Å²) in [5.41, 5.74) is 0.758. The summed E-state index contributed by atoms with van der Waals surface area (Å²) in [6, 6.07) is 14.8. The first-order valence-electron chi connectivity index (χ1n) is 16.2. The van der Waals surface area contributed by atoms with Crippen molar-refractivity contribution in [3.05, 3.63) is 77.6 Å². The van der Waals surface area contributed by atoms with E-state index >= 15 is 0 Å². The van der Waals surface area contributed by atoms with Crippen molar-refractivity contribution in [1.82, 2.24) is 21.0 Å². The summed E-state index contributed by atoms with van der Waals surface area (Å²) in [6.07, 6.45) is 2.72. The molecule has 2 aromatic carbocycles. The Morgan fingerprint density at radius 3 is 2.32 bits per heavy atom. The molecule has 3 aromatic rings. The number of furan rings is 1. The highest BCUT2D eigenvalue weighted by Gasteiger charge is 2.33. The van der Waals surface area contributed by atoms with Gasteiger partial charge < -0.3 is 39.7 Å². The van der Waals surface area contributed by atoms with Gasteiger partial charge in [0.25, 0.3) is 11.8 Å². The first-order valence-corrected chi connectivity index (χ1v) is 18.0. The van der Waals surface area contributed by atoms with Crippen LogP contribution in [0.2, 0.25) is 0 Å². The van der Waals surface area contributed by atoms with E-state index in [1.54, 1.807) is 44.2 Å². The van der Waals surface area contributed by atoms with E-state index in [1.165, 1.54) is 30.3 Å². The number of nitrogens with zero attached hydrogens (tertiary/aromatic N) is 1. The zero-order valence-corrected chi connectivity index (χ0v) is 29.0. The van der Waals surface area contributed by atoms with Crippen LogP contribution in [0.5, 0.6) is 5.75 Å². The van der Waals surface area contributed by atoms with Gasteiger partial charge in [0.2, 0.25) is 12.3 Å². The van der Waals surface area contributed by atoms with Crippen molar-refractivity contribution in [2.75, 3.05) is 19.6 Å². The summed E-state index contributed by atoms with van der Waals surface area (Å²) in [7, 11) is -4.47. The SMILES string of the molecule is CCCCC[C@@H](C(=O)NCNC(=O)c1ccc(-c2ccc(C(=O)NCP(=O)(O)O)c(OCC)c2)o1)[C@@H](CC)N(C=O)OC(=O)c1ccccc1. The lowest BCUT2D eigenvalue weighted by Crippen LogP contribution is -2.49. The average Bonchev–Trinajstić information content (AvgIpc) is 3.60. The Hall–Kier alpha value is -4.98. The van der Waals surface area contributed by atoms with Crippen LogP contribution in [-0.2, 0) is 19.0 Å². The number of hydrogen-bond donors (Lipinski definition) is 5. The first-order chi connectivity index (χ1) is 23.9. The largest absolute Gasteiger partial charge is 0.493 e. The molecule has 1 aromatic heterocycles. The zero-order valence-electron chi connectivity index (χ0n) is 28.1. The van der Waals surface area contributed by atoms with Gasteiger partial charge in [0, 0.05) is 5.56 Å². The molecule has 2 atom stereocenters. The van der Waals surface area contributed by atoms with Crippen molar-refractivity contribution in [1.29, 1.82) is 0 Å². The van der Waals surface area contributed by atoms with E-state index in [0.29, 0.717) is 31.2 Å². The van der Waals surface area contributed by atoms with Crippen LogP contribution < -0.4 is 20.7 Å². The Balaban J connectivity index is 1.67. The molecule has 0 aliphatic rings. The van der Waals surface area contributed by atoms with E-state index in [9.17, 15) is 28.5 Å². The van der Waals surface area contributed by atoms with E-state index in [4.69, 9.17) is 23.8 Å². The number of hydroxylamine groups is 2. The number of nitrogens with one attached hydrogen (secondary N) is 3. The molecule has 0 unspecified atom stereocenters. The van der Waals surface area contributed by atoms with Gasteiger partial charge in [-0.3, -0.25) is 23.7 Å². The summed E-state index contributed by atoms with van der Waals surface area (Å²) in [6.45, 7) is 5.44. The molecule has 50 heavy (non-hydrogen) atoms. The van der Waals surface area contributed by atoms with Gasteiger partial charge >= 0.3 is 13.6 Å². The lowest BCUT2D eigenvalue weighted by molar-refractivity contribution is -0.171. The minimum Gasteiger partial charge on any atom is -0.493 e. The number of hydrogen-bond acceptors (Lipinski definition) is 9. The third-order valence-electron chi connectivity index (χ3n) is 7.56. The number of benzene rings is 2. The van der Waals surface area contributed by atoms with Crippen LogP contribution in [0.15, 0.2) is 65.1 Å². The van der Waals surface area contributed by atoms with Gasteiger partial charge in [-0.1, -0.05) is 57.4 Å². The molecule has 1 heterocycles. The summed E-state index contributed by atoms with van der Waals surface area (Å²) < 4.78 is 22.4. The van der Waals surface area contributed by atoms with Crippen LogP contribution in [-0.4, -0.2) is 70.6 Å². The van der Waals surface area contributed by atoms with E-state index in [1.807, 2.05) is 6.92 Å². The van der Waals surface area contributed by atoms with Crippen molar-refractivity contribution in [3.63, 3.8) is 0 Å². The molecule has 4 amide bonds. The predicted octanol–water partition coefficient (Wildman–Crippen LogP) is 4.22. The number of rotatable bonds is 20. The van der Waals surface area contributed by atoms with E-state index < -0.39 is 49.5 Å². The van der Waals surface area contributed by atoms with Gasteiger partial charge in [-0.15, -0.1) is 0 Å².